The average Bonchev–Trinajstić information content (AvgIpc) is 2.22. The number of carbonyl (C=O) groups excluding carboxylic acids is 1. The van der Waals surface area contributed by atoms with Crippen LogP contribution < -0.4 is 0 Å². The van der Waals surface area contributed by atoms with Crippen LogP contribution in [-0.2, 0) is 0 Å². The molecule has 2 nitrogen and oxygen atoms in total. The largest absolute Gasteiger partial charge is 0.507 e. The zero-order valence-corrected chi connectivity index (χ0v) is 9.16. The standard InChI is InChI=1S/C13H16O2/c1-3-4-5-6-12(14)11-9-10(2)7-8-13(11)15/h5-9,15H,3-4H2,1-2H3. The second-order valence-electron chi connectivity index (χ2n) is 3.58. The average molecular weight is 204 g/mol. The third-order valence-electron chi connectivity index (χ3n) is 2.14. The fourth-order valence-electron chi connectivity index (χ4n) is 1.29. The first-order chi connectivity index (χ1) is 7.15. The van der Waals surface area contributed by atoms with E-state index >= 15 is 0 Å². The summed E-state index contributed by atoms with van der Waals surface area (Å²) in [5, 5.41) is 9.51. The summed E-state index contributed by atoms with van der Waals surface area (Å²) in [4.78, 5) is 11.6. The zero-order chi connectivity index (χ0) is 11.3. The highest BCUT2D eigenvalue weighted by Gasteiger charge is 2.07. The Kier molecular flexibility index (Phi) is 4.10. The smallest absolute Gasteiger partial charge is 0.189 e. The van der Waals surface area contributed by atoms with Crippen LogP contribution in [0.3, 0.4) is 0 Å². The fourth-order valence-corrected chi connectivity index (χ4v) is 1.29. The maximum atomic E-state index is 11.6. The van der Waals surface area contributed by atoms with Crippen LogP contribution in [0.2, 0.25) is 0 Å². The maximum Gasteiger partial charge on any atom is 0.189 e. The minimum absolute atomic E-state index is 0.0479. The van der Waals surface area contributed by atoms with E-state index in [0.717, 1.165) is 18.4 Å². The molecule has 0 atom stereocenters. The molecule has 0 aromatic heterocycles. The first-order valence-electron chi connectivity index (χ1n) is 5.15. The summed E-state index contributed by atoms with van der Waals surface area (Å²) in [6, 6.07) is 5.03. The molecule has 0 saturated carbocycles. The molecule has 1 aromatic carbocycles. The van der Waals surface area contributed by atoms with Crippen molar-refractivity contribution in [3.63, 3.8) is 0 Å². The number of unbranched alkanes of at least 4 members (excludes halogenated alkanes) is 1. The number of aryl methyl sites for hydroxylation is 1. The van der Waals surface area contributed by atoms with E-state index in [1.54, 1.807) is 18.2 Å². The Hall–Kier alpha value is -1.57. The molecule has 0 fully saturated rings. The van der Waals surface area contributed by atoms with E-state index in [1.165, 1.54) is 6.08 Å². The number of rotatable bonds is 4. The molecular formula is C13H16O2. The van der Waals surface area contributed by atoms with Gasteiger partial charge in [-0.3, -0.25) is 4.79 Å². The normalized spacial score (nSPS) is 10.8. The Balaban J connectivity index is 2.86. The molecule has 2 heteroatoms. The van der Waals surface area contributed by atoms with Crippen molar-refractivity contribution in [1.82, 2.24) is 0 Å². The van der Waals surface area contributed by atoms with Gasteiger partial charge in [0.25, 0.3) is 0 Å². The number of phenolic OH excluding ortho intramolecular Hbond substituents is 1. The number of benzene rings is 1. The highest BCUT2D eigenvalue weighted by atomic mass is 16.3. The molecule has 80 valence electrons. The van der Waals surface area contributed by atoms with Crippen molar-refractivity contribution in [1.29, 1.82) is 0 Å². The lowest BCUT2D eigenvalue weighted by atomic mass is 10.1. The van der Waals surface area contributed by atoms with Gasteiger partial charge in [0.15, 0.2) is 5.78 Å². The minimum atomic E-state index is -0.135. The molecule has 15 heavy (non-hydrogen) atoms. The van der Waals surface area contributed by atoms with Crippen LogP contribution in [0.25, 0.3) is 0 Å². The zero-order valence-electron chi connectivity index (χ0n) is 9.16. The quantitative estimate of drug-likeness (QED) is 0.604. The van der Waals surface area contributed by atoms with Crippen molar-refractivity contribution in [2.24, 2.45) is 0 Å². The Morgan fingerprint density at radius 2 is 2.20 bits per heavy atom. The van der Waals surface area contributed by atoms with E-state index in [9.17, 15) is 9.90 Å². The van der Waals surface area contributed by atoms with Gasteiger partial charge in [-0.2, -0.15) is 0 Å². The van der Waals surface area contributed by atoms with Crippen molar-refractivity contribution in [3.8, 4) is 5.75 Å². The molecule has 0 aliphatic rings. The molecule has 1 N–H and O–H groups in total. The van der Waals surface area contributed by atoms with Crippen molar-refractivity contribution >= 4 is 5.78 Å². The van der Waals surface area contributed by atoms with Gasteiger partial charge in [0.05, 0.1) is 5.56 Å². The van der Waals surface area contributed by atoms with Crippen molar-refractivity contribution in [2.75, 3.05) is 0 Å². The molecule has 0 saturated heterocycles. The minimum Gasteiger partial charge on any atom is -0.507 e. The van der Waals surface area contributed by atoms with Gasteiger partial charge in [0, 0.05) is 0 Å². The predicted molar refractivity (Wildman–Crippen MR) is 61.2 cm³/mol. The number of hydrogen-bond donors (Lipinski definition) is 1. The van der Waals surface area contributed by atoms with Gasteiger partial charge in [-0.15, -0.1) is 0 Å². The van der Waals surface area contributed by atoms with E-state index < -0.39 is 0 Å². The summed E-state index contributed by atoms with van der Waals surface area (Å²) in [5.41, 5.74) is 1.35. The number of carbonyl (C=O) groups is 1. The molecule has 0 heterocycles. The highest BCUT2D eigenvalue weighted by molar-refractivity contribution is 6.06. The molecular weight excluding hydrogens is 188 g/mol. The number of allylic oxidation sites excluding steroid dienone is 2. The Morgan fingerprint density at radius 3 is 2.87 bits per heavy atom. The third kappa shape index (κ3) is 3.24. The fraction of sp³-hybridized carbons (Fsp3) is 0.308. The van der Waals surface area contributed by atoms with Crippen LogP contribution in [0.5, 0.6) is 5.75 Å². The summed E-state index contributed by atoms with van der Waals surface area (Å²) in [7, 11) is 0. The predicted octanol–water partition coefficient (Wildman–Crippen LogP) is 3.24. The topological polar surface area (TPSA) is 37.3 Å². The molecule has 1 rings (SSSR count). The van der Waals surface area contributed by atoms with Gasteiger partial charge >= 0.3 is 0 Å². The Bertz CT molecular complexity index is 378. The van der Waals surface area contributed by atoms with Gasteiger partial charge in [-0.1, -0.05) is 31.1 Å². The van der Waals surface area contributed by atoms with E-state index in [1.807, 2.05) is 13.0 Å². The van der Waals surface area contributed by atoms with Crippen molar-refractivity contribution in [2.45, 2.75) is 26.7 Å². The molecule has 0 bridgehead atoms. The molecule has 0 spiro atoms. The van der Waals surface area contributed by atoms with Crippen molar-refractivity contribution in [3.05, 3.63) is 41.5 Å². The van der Waals surface area contributed by atoms with Crippen LogP contribution in [0.15, 0.2) is 30.4 Å². The summed E-state index contributed by atoms with van der Waals surface area (Å²) < 4.78 is 0. The summed E-state index contributed by atoms with van der Waals surface area (Å²) in [6.45, 7) is 3.95. The lowest BCUT2D eigenvalue weighted by Gasteiger charge is -2.01. The van der Waals surface area contributed by atoms with Crippen LogP contribution in [-0.4, -0.2) is 10.9 Å². The summed E-state index contributed by atoms with van der Waals surface area (Å²) in [5.74, 6) is -0.0867. The Labute approximate surface area is 90.3 Å². The molecule has 0 aliphatic heterocycles. The number of ketones is 1. The molecule has 0 unspecified atom stereocenters. The van der Waals surface area contributed by atoms with Gasteiger partial charge < -0.3 is 5.11 Å². The van der Waals surface area contributed by atoms with Crippen LogP contribution in [0, 0.1) is 6.92 Å². The van der Waals surface area contributed by atoms with Gasteiger partial charge in [0.1, 0.15) is 5.75 Å². The van der Waals surface area contributed by atoms with Crippen LogP contribution >= 0.6 is 0 Å². The Morgan fingerprint density at radius 1 is 1.47 bits per heavy atom. The highest BCUT2D eigenvalue weighted by Crippen LogP contribution is 2.19. The van der Waals surface area contributed by atoms with Gasteiger partial charge in [-0.05, 0) is 31.6 Å². The molecule has 0 aliphatic carbocycles. The SMILES string of the molecule is CCCC=CC(=O)c1cc(C)ccc1O. The van der Waals surface area contributed by atoms with E-state index in [2.05, 4.69) is 6.92 Å². The molecule has 1 aromatic rings. The maximum absolute atomic E-state index is 11.6. The van der Waals surface area contributed by atoms with E-state index in [-0.39, 0.29) is 11.5 Å². The lowest BCUT2D eigenvalue weighted by molar-refractivity contribution is 0.104. The second-order valence-corrected chi connectivity index (χ2v) is 3.58. The second kappa shape index (κ2) is 5.35. The number of aromatic hydroxyl groups is 1. The lowest BCUT2D eigenvalue weighted by Crippen LogP contribution is -1.95. The van der Waals surface area contributed by atoms with Crippen LogP contribution in [0.4, 0.5) is 0 Å². The van der Waals surface area contributed by atoms with Crippen molar-refractivity contribution < 1.29 is 9.90 Å². The van der Waals surface area contributed by atoms with E-state index in [4.69, 9.17) is 0 Å². The van der Waals surface area contributed by atoms with Gasteiger partial charge in [0.2, 0.25) is 0 Å². The molecule has 0 radical (unpaired) electrons. The third-order valence-corrected chi connectivity index (χ3v) is 2.14. The van der Waals surface area contributed by atoms with Crippen LogP contribution in [0.1, 0.15) is 35.7 Å². The first kappa shape index (κ1) is 11.5. The monoisotopic (exact) mass is 204 g/mol. The number of hydrogen-bond acceptors (Lipinski definition) is 2. The van der Waals surface area contributed by atoms with E-state index in [0.29, 0.717) is 5.56 Å². The first-order valence-corrected chi connectivity index (χ1v) is 5.15. The summed E-state index contributed by atoms with van der Waals surface area (Å²) >= 11 is 0. The number of phenols is 1. The molecule has 0 amide bonds. The summed E-state index contributed by atoms with van der Waals surface area (Å²) in [6.07, 6.45) is 5.27. The van der Waals surface area contributed by atoms with Gasteiger partial charge in [-0.25, -0.2) is 0 Å².